The number of benzene rings is 1. The third-order valence-electron chi connectivity index (χ3n) is 2.90. The summed E-state index contributed by atoms with van der Waals surface area (Å²) in [4.78, 5) is 23.9. The van der Waals surface area contributed by atoms with Crippen LogP contribution in [-0.2, 0) is 6.54 Å². The smallest absolute Gasteiger partial charge is 0.315 e. The number of hydrogen-bond acceptors (Lipinski definition) is 6. The second-order valence-corrected chi connectivity index (χ2v) is 7.30. The second kappa shape index (κ2) is 7.93. The van der Waals surface area contributed by atoms with E-state index in [-0.39, 0.29) is 29.0 Å². The molecule has 134 valence electrons. The minimum absolute atomic E-state index is 0.204. The van der Waals surface area contributed by atoms with Crippen molar-refractivity contribution in [1.29, 1.82) is 0 Å². The molecule has 9 heteroatoms. The minimum Gasteiger partial charge on any atom is -0.497 e. The van der Waals surface area contributed by atoms with Crippen LogP contribution >= 0.6 is 11.3 Å². The second-order valence-electron chi connectivity index (χ2n) is 6.24. The van der Waals surface area contributed by atoms with Crippen molar-refractivity contribution < 1.29 is 14.3 Å². The van der Waals surface area contributed by atoms with Gasteiger partial charge in [-0.1, -0.05) is 11.3 Å². The molecule has 0 atom stereocenters. The van der Waals surface area contributed by atoms with E-state index in [4.69, 9.17) is 4.74 Å². The monoisotopic (exact) mass is 363 g/mol. The molecule has 0 saturated heterocycles. The van der Waals surface area contributed by atoms with Gasteiger partial charge in [0.2, 0.25) is 5.01 Å². The topological polar surface area (TPSA) is 105 Å². The molecule has 0 aliphatic carbocycles. The van der Waals surface area contributed by atoms with Gasteiger partial charge in [-0.25, -0.2) is 4.79 Å². The maximum Gasteiger partial charge on any atom is 0.315 e. The zero-order chi connectivity index (χ0) is 18.4. The van der Waals surface area contributed by atoms with Crippen LogP contribution in [0.1, 0.15) is 35.6 Å². The van der Waals surface area contributed by atoms with Gasteiger partial charge in [-0.3, -0.25) is 4.79 Å². The average molecular weight is 363 g/mol. The van der Waals surface area contributed by atoms with Crippen molar-refractivity contribution >= 4 is 29.0 Å². The first-order valence-corrected chi connectivity index (χ1v) is 8.42. The summed E-state index contributed by atoms with van der Waals surface area (Å²) in [6.07, 6.45) is 0. The van der Waals surface area contributed by atoms with Crippen LogP contribution < -0.4 is 20.7 Å². The molecule has 1 aromatic heterocycles. The molecule has 0 radical (unpaired) electrons. The average Bonchev–Trinajstić information content (AvgIpc) is 3.01. The Labute approximate surface area is 150 Å². The summed E-state index contributed by atoms with van der Waals surface area (Å²) in [7, 11) is 1.58. The molecule has 0 bridgehead atoms. The van der Waals surface area contributed by atoms with Gasteiger partial charge in [0.05, 0.1) is 13.7 Å². The Bertz CT molecular complexity index is 737. The molecule has 25 heavy (non-hydrogen) atoms. The number of amides is 3. The summed E-state index contributed by atoms with van der Waals surface area (Å²) in [5.74, 6) is 0.351. The van der Waals surface area contributed by atoms with E-state index in [0.29, 0.717) is 16.4 Å². The number of urea groups is 1. The molecule has 1 heterocycles. The highest BCUT2D eigenvalue weighted by molar-refractivity contribution is 7.13. The summed E-state index contributed by atoms with van der Waals surface area (Å²) in [5, 5.41) is 16.7. The van der Waals surface area contributed by atoms with Crippen LogP contribution in [0.15, 0.2) is 24.3 Å². The molecular weight excluding hydrogens is 342 g/mol. The maximum absolute atomic E-state index is 12.2. The summed E-state index contributed by atoms with van der Waals surface area (Å²) in [5.41, 5.74) is 0.305. The van der Waals surface area contributed by atoms with Gasteiger partial charge >= 0.3 is 6.03 Å². The molecule has 1 aromatic carbocycles. The van der Waals surface area contributed by atoms with Gasteiger partial charge in [0.15, 0.2) is 0 Å². The number of ether oxygens (including phenoxy) is 1. The Kier molecular flexibility index (Phi) is 5.92. The summed E-state index contributed by atoms with van der Waals surface area (Å²) in [6, 6.07) is 6.67. The first-order valence-electron chi connectivity index (χ1n) is 7.60. The van der Waals surface area contributed by atoms with E-state index in [2.05, 4.69) is 26.1 Å². The Hall–Kier alpha value is -2.68. The first kappa shape index (κ1) is 18.7. The van der Waals surface area contributed by atoms with Crippen LogP contribution in [0.4, 0.5) is 10.5 Å². The molecule has 0 aliphatic rings. The van der Waals surface area contributed by atoms with E-state index in [1.807, 2.05) is 20.8 Å². The fourth-order valence-electron chi connectivity index (χ4n) is 1.82. The lowest BCUT2D eigenvalue weighted by atomic mass is 10.1. The van der Waals surface area contributed by atoms with Crippen molar-refractivity contribution in [2.75, 3.05) is 12.4 Å². The normalized spacial score (nSPS) is 10.9. The molecule has 8 nitrogen and oxygen atoms in total. The molecular formula is C16H21N5O3S. The third kappa shape index (κ3) is 6.03. The Morgan fingerprint density at radius 1 is 1.16 bits per heavy atom. The summed E-state index contributed by atoms with van der Waals surface area (Å²) in [6.45, 7) is 5.87. The van der Waals surface area contributed by atoms with E-state index in [1.165, 1.54) is 0 Å². The quantitative estimate of drug-likeness (QED) is 0.756. The highest BCUT2D eigenvalue weighted by atomic mass is 32.1. The van der Waals surface area contributed by atoms with Gasteiger partial charge in [0, 0.05) is 11.2 Å². The van der Waals surface area contributed by atoms with E-state index >= 15 is 0 Å². The highest BCUT2D eigenvalue weighted by Crippen LogP contribution is 2.17. The van der Waals surface area contributed by atoms with Crippen molar-refractivity contribution in [2.24, 2.45) is 0 Å². The number of carbonyl (C=O) groups excluding carboxylic acids is 2. The number of methoxy groups -OCH3 is 1. The van der Waals surface area contributed by atoms with Crippen molar-refractivity contribution in [2.45, 2.75) is 32.9 Å². The van der Waals surface area contributed by atoms with Crippen LogP contribution in [-0.4, -0.2) is 34.8 Å². The number of nitrogens with zero attached hydrogens (tertiary/aromatic N) is 2. The maximum atomic E-state index is 12.2. The van der Waals surface area contributed by atoms with Crippen LogP contribution in [0.5, 0.6) is 5.75 Å². The predicted molar refractivity (Wildman–Crippen MR) is 96.0 cm³/mol. The lowest BCUT2D eigenvalue weighted by Crippen LogP contribution is -2.46. The summed E-state index contributed by atoms with van der Waals surface area (Å²) < 4.78 is 5.07. The minimum atomic E-state index is -0.354. The number of rotatable bonds is 5. The lowest BCUT2D eigenvalue weighted by Gasteiger charge is -2.20. The van der Waals surface area contributed by atoms with Gasteiger partial charge in [0.1, 0.15) is 10.8 Å². The van der Waals surface area contributed by atoms with Crippen molar-refractivity contribution in [3.8, 4) is 5.75 Å². The van der Waals surface area contributed by atoms with Crippen LogP contribution in [0.25, 0.3) is 0 Å². The third-order valence-corrected chi connectivity index (χ3v) is 3.82. The van der Waals surface area contributed by atoms with Gasteiger partial charge in [-0.05, 0) is 45.0 Å². The zero-order valence-electron chi connectivity index (χ0n) is 14.5. The highest BCUT2D eigenvalue weighted by Gasteiger charge is 2.16. The fourth-order valence-corrected chi connectivity index (χ4v) is 2.49. The Morgan fingerprint density at radius 3 is 2.44 bits per heavy atom. The van der Waals surface area contributed by atoms with Crippen LogP contribution in [0, 0.1) is 0 Å². The fraction of sp³-hybridized carbons (Fsp3) is 0.375. The van der Waals surface area contributed by atoms with Gasteiger partial charge in [0.25, 0.3) is 5.91 Å². The largest absolute Gasteiger partial charge is 0.497 e. The number of anilines is 1. The van der Waals surface area contributed by atoms with Crippen LogP contribution in [0.2, 0.25) is 0 Å². The van der Waals surface area contributed by atoms with Crippen molar-refractivity contribution in [3.63, 3.8) is 0 Å². The van der Waals surface area contributed by atoms with Crippen molar-refractivity contribution in [1.82, 2.24) is 20.8 Å². The predicted octanol–water partition coefficient (Wildman–Crippen LogP) is 2.40. The molecule has 2 rings (SSSR count). The first-order chi connectivity index (χ1) is 11.8. The SMILES string of the molecule is COc1ccc(NC(=O)c2nnc(CNC(=O)NC(C)(C)C)s2)cc1. The van der Waals surface area contributed by atoms with Crippen LogP contribution in [0.3, 0.4) is 0 Å². The standard InChI is InChI=1S/C16H21N5O3S/c1-16(2,3)19-15(23)17-9-12-20-21-14(25-12)13(22)18-10-5-7-11(24-4)8-6-10/h5-8H,9H2,1-4H3,(H,18,22)(H2,17,19,23). The molecule has 0 saturated carbocycles. The Balaban J connectivity index is 1.89. The molecule has 0 unspecified atom stereocenters. The van der Waals surface area contributed by atoms with E-state index < -0.39 is 0 Å². The molecule has 0 aliphatic heterocycles. The number of nitrogens with one attached hydrogen (secondary N) is 3. The van der Waals surface area contributed by atoms with E-state index in [0.717, 1.165) is 11.3 Å². The summed E-state index contributed by atoms with van der Waals surface area (Å²) >= 11 is 1.13. The lowest BCUT2D eigenvalue weighted by molar-refractivity contribution is 0.102. The number of aromatic nitrogens is 2. The van der Waals surface area contributed by atoms with E-state index in [1.54, 1.807) is 31.4 Å². The zero-order valence-corrected chi connectivity index (χ0v) is 15.4. The van der Waals surface area contributed by atoms with Gasteiger partial charge in [-0.15, -0.1) is 10.2 Å². The molecule has 3 amide bonds. The number of carbonyl (C=O) groups is 2. The molecule has 0 fully saturated rings. The molecule has 2 aromatic rings. The molecule has 0 spiro atoms. The van der Waals surface area contributed by atoms with Crippen molar-refractivity contribution in [3.05, 3.63) is 34.3 Å². The number of hydrogen-bond donors (Lipinski definition) is 3. The van der Waals surface area contributed by atoms with Gasteiger partial charge in [-0.2, -0.15) is 0 Å². The van der Waals surface area contributed by atoms with Gasteiger partial charge < -0.3 is 20.7 Å². The Morgan fingerprint density at radius 2 is 1.84 bits per heavy atom. The molecule has 3 N–H and O–H groups in total. The van der Waals surface area contributed by atoms with E-state index in [9.17, 15) is 9.59 Å².